The zero-order valence-electron chi connectivity index (χ0n) is 6.46. The Morgan fingerprint density at radius 1 is 1.60 bits per heavy atom. The molecule has 0 amide bonds. The van der Waals surface area contributed by atoms with E-state index < -0.39 is 6.16 Å². The highest BCUT2D eigenvalue weighted by Gasteiger charge is 1.97. The molecule has 10 heavy (non-hydrogen) atoms. The average Bonchev–Trinajstić information content (AvgIpc) is 1.79. The Morgan fingerprint density at radius 3 is 2.60 bits per heavy atom. The van der Waals surface area contributed by atoms with E-state index >= 15 is 0 Å². The van der Waals surface area contributed by atoms with E-state index in [1.807, 2.05) is 0 Å². The molecule has 60 valence electrons. The first-order valence-corrected chi connectivity index (χ1v) is 3.48. The van der Waals surface area contributed by atoms with E-state index in [2.05, 4.69) is 18.6 Å². The molecule has 0 unspecified atom stereocenters. The van der Waals surface area contributed by atoms with Crippen LogP contribution < -0.4 is 0 Å². The van der Waals surface area contributed by atoms with Crippen LogP contribution in [0.5, 0.6) is 0 Å². The first-order chi connectivity index (χ1) is 4.63. The zero-order chi connectivity index (χ0) is 7.98. The van der Waals surface area contributed by atoms with Gasteiger partial charge in [-0.1, -0.05) is 13.8 Å². The van der Waals surface area contributed by atoms with Gasteiger partial charge < -0.3 is 9.84 Å². The molecule has 3 heteroatoms. The van der Waals surface area contributed by atoms with Crippen LogP contribution in [0, 0.1) is 5.92 Å². The van der Waals surface area contributed by atoms with Crippen molar-refractivity contribution in [3.63, 3.8) is 0 Å². The molecule has 0 atom stereocenters. The third-order valence-electron chi connectivity index (χ3n) is 1.15. The van der Waals surface area contributed by atoms with Gasteiger partial charge in [0.2, 0.25) is 0 Å². The van der Waals surface area contributed by atoms with Crippen molar-refractivity contribution in [2.75, 3.05) is 6.61 Å². The lowest BCUT2D eigenvalue weighted by molar-refractivity contribution is 0.0892. The molecule has 0 radical (unpaired) electrons. The van der Waals surface area contributed by atoms with Gasteiger partial charge >= 0.3 is 6.16 Å². The van der Waals surface area contributed by atoms with Crippen LogP contribution in [-0.4, -0.2) is 17.9 Å². The minimum Gasteiger partial charge on any atom is -0.450 e. The maximum Gasteiger partial charge on any atom is 0.505 e. The third-order valence-corrected chi connectivity index (χ3v) is 1.15. The monoisotopic (exact) mass is 146 g/mol. The lowest BCUT2D eigenvalue weighted by atomic mass is 10.1. The van der Waals surface area contributed by atoms with E-state index in [0.29, 0.717) is 12.5 Å². The second-order valence-electron chi connectivity index (χ2n) is 2.65. The van der Waals surface area contributed by atoms with Gasteiger partial charge in [0.25, 0.3) is 0 Å². The average molecular weight is 146 g/mol. The summed E-state index contributed by atoms with van der Waals surface area (Å²) in [6.45, 7) is 4.52. The van der Waals surface area contributed by atoms with Crippen LogP contribution in [-0.2, 0) is 4.74 Å². The summed E-state index contributed by atoms with van der Waals surface area (Å²) in [6, 6.07) is 0. The van der Waals surface area contributed by atoms with Crippen molar-refractivity contribution in [2.45, 2.75) is 26.7 Å². The molecule has 0 saturated heterocycles. The minimum atomic E-state index is -1.18. The van der Waals surface area contributed by atoms with Crippen LogP contribution in [0.15, 0.2) is 0 Å². The van der Waals surface area contributed by atoms with Gasteiger partial charge in [-0.2, -0.15) is 0 Å². The summed E-state index contributed by atoms with van der Waals surface area (Å²) < 4.78 is 4.31. The molecule has 0 aromatic carbocycles. The van der Waals surface area contributed by atoms with Gasteiger partial charge in [-0.3, -0.25) is 0 Å². The maximum atomic E-state index is 9.82. The number of carbonyl (C=O) groups is 1. The molecule has 0 spiro atoms. The molecule has 0 rings (SSSR count). The van der Waals surface area contributed by atoms with Gasteiger partial charge in [0.1, 0.15) is 0 Å². The molecule has 0 aromatic heterocycles. The SMILES string of the molecule is CC(C)CCCOC(=O)O. The lowest BCUT2D eigenvalue weighted by Gasteiger charge is -2.02. The zero-order valence-corrected chi connectivity index (χ0v) is 6.46. The van der Waals surface area contributed by atoms with Crippen molar-refractivity contribution < 1.29 is 14.6 Å². The Bertz CT molecular complexity index is 99.0. The summed E-state index contributed by atoms with van der Waals surface area (Å²) in [4.78, 5) is 9.82. The summed E-state index contributed by atoms with van der Waals surface area (Å²) >= 11 is 0. The van der Waals surface area contributed by atoms with Crippen LogP contribution >= 0.6 is 0 Å². The fraction of sp³-hybridized carbons (Fsp3) is 0.857. The summed E-state index contributed by atoms with van der Waals surface area (Å²) in [5.41, 5.74) is 0. The molecule has 0 fully saturated rings. The number of hydrogen-bond donors (Lipinski definition) is 1. The van der Waals surface area contributed by atoms with Gasteiger partial charge in [0, 0.05) is 0 Å². The topological polar surface area (TPSA) is 46.5 Å². The lowest BCUT2D eigenvalue weighted by Crippen LogP contribution is -2.02. The smallest absolute Gasteiger partial charge is 0.450 e. The molecular weight excluding hydrogens is 132 g/mol. The predicted octanol–water partition coefficient (Wildman–Crippen LogP) is 2.12. The number of rotatable bonds is 4. The Kier molecular flexibility index (Phi) is 4.72. The molecule has 0 saturated carbocycles. The van der Waals surface area contributed by atoms with E-state index in [1.165, 1.54) is 0 Å². The van der Waals surface area contributed by atoms with E-state index in [1.54, 1.807) is 0 Å². The van der Waals surface area contributed by atoms with E-state index in [9.17, 15) is 4.79 Å². The fourth-order valence-corrected chi connectivity index (χ4v) is 0.651. The summed E-state index contributed by atoms with van der Waals surface area (Å²) in [6.07, 6.45) is 0.667. The fourth-order valence-electron chi connectivity index (χ4n) is 0.651. The van der Waals surface area contributed by atoms with Crippen molar-refractivity contribution in [3.05, 3.63) is 0 Å². The quantitative estimate of drug-likeness (QED) is 0.488. The minimum absolute atomic E-state index is 0.327. The Hall–Kier alpha value is -0.730. The van der Waals surface area contributed by atoms with Gasteiger partial charge in [-0.05, 0) is 18.8 Å². The molecule has 1 N–H and O–H groups in total. The highest BCUT2D eigenvalue weighted by molar-refractivity contribution is 5.56. The van der Waals surface area contributed by atoms with Crippen molar-refractivity contribution in [3.8, 4) is 0 Å². The Labute approximate surface area is 61.0 Å². The summed E-state index contributed by atoms with van der Waals surface area (Å²) in [7, 11) is 0. The molecule has 0 heterocycles. The largest absolute Gasteiger partial charge is 0.505 e. The summed E-state index contributed by atoms with van der Waals surface area (Å²) in [5, 5.41) is 8.06. The molecule has 0 aromatic rings. The van der Waals surface area contributed by atoms with E-state index in [4.69, 9.17) is 5.11 Å². The molecule has 0 aliphatic rings. The van der Waals surface area contributed by atoms with Crippen LogP contribution in [0.25, 0.3) is 0 Å². The molecule has 0 aliphatic carbocycles. The van der Waals surface area contributed by atoms with E-state index in [0.717, 1.165) is 12.8 Å². The van der Waals surface area contributed by atoms with Crippen LogP contribution in [0.1, 0.15) is 26.7 Å². The highest BCUT2D eigenvalue weighted by atomic mass is 16.7. The van der Waals surface area contributed by atoms with Crippen LogP contribution in [0.4, 0.5) is 4.79 Å². The second-order valence-corrected chi connectivity index (χ2v) is 2.65. The van der Waals surface area contributed by atoms with E-state index in [-0.39, 0.29) is 0 Å². The van der Waals surface area contributed by atoms with Crippen molar-refractivity contribution in [2.24, 2.45) is 5.92 Å². The van der Waals surface area contributed by atoms with Crippen LogP contribution in [0.2, 0.25) is 0 Å². The molecule has 0 aliphatic heterocycles. The molecule has 0 bridgehead atoms. The standard InChI is InChI=1S/C7H14O3/c1-6(2)4-3-5-10-7(8)9/h6H,3-5H2,1-2H3,(H,8,9). The van der Waals surface area contributed by atoms with Crippen molar-refractivity contribution >= 4 is 6.16 Å². The summed E-state index contributed by atoms with van der Waals surface area (Å²) in [5.74, 6) is 0.623. The Morgan fingerprint density at radius 2 is 2.20 bits per heavy atom. The third kappa shape index (κ3) is 7.27. The first-order valence-electron chi connectivity index (χ1n) is 3.48. The molecular formula is C7H14O3. The number of ether oxygens (including phenoxy) is 1. The van der Waals surface area contributed by atoms with Gasteiger partial charge in [-0.25, -0.2) is 4.79 Å². The maximum absolute atomic E-state index is 9.82. The van der Waals surface area contributed by atoms with Gasteiger partial charge in [-0.15, -0.1) is 0 Å². The number of carboxylic acid groups (broad SMARTS) is 1. The first kappa shape index (κ1) is 9.27. The van der Waals surface area contributed by atoms with Crippen LogP contribution in [0.3, 0.4) is 0 Å². The highest BCUT2D eigenvalue weighted by Crippen LogP contribution is 2.02. The van der Waals surface area contributed by atoms with Crippen molar-refractivity contribution in [1.82, 2.24) is 0 Å². The van der Waals surface area contributed by atoms with Gasteiger partial charge in [0.15, 0.2) is 0 Å². The normalized spacial score (nSPS) is 9.90. The Balaban J connectivity index is 2.98. The van der Waals surface area contributed by atoms with Crippen molar-refractivity contribution in [1.29, 1.82) is 0 Å². The predicted molar refractivity (Wildman–Crippen MR) is 38.0 cm³/mol. The second kappa shape index (κ2) is 5.09. The van der Waals surface area contributed by atoms with Gasteiger partial charge in [0.05, 0.1) is 6.61 Å². The number of hydrogen-bond acceptors (Lipinski definition) is 2. The molecule has 3 nitrogen and oxygen atoms in total.